The average Bonchev–Trinajstić information content (AvgIpc) is 2.40. The van der Waals surface area contributed by atoms with Crippen LogP contribution in [0.3, 0.4) is 0 Å². The third-order valence-electron chi connectivity index (χ3n) is 2.99. The number of rotatable bonds is 4. The van der Waals surface area contributed by atoms with Gasteiger partial charge in [-0.1, -0.05) is 0 Å². The van der Waals surface area contributed by atoms with Gasteiger partial charge in [-0.05, 0) is 25.0 Å². The fourth-order valence-corrected chi connectivity index (χ4v) is 1.98. The maximum atomic E-state index is 5.36. The second-order valence-electron chi connectivity index (χ2n) is 4.10. The van der Waals surface area contributed by atoms with Crippen molar-refractivity contribution in [2.45, 2.75) is 18.9 Å². The molecule has 4 nitrogen and oxygen atoms in total. The predicted octanol–water partition coefficient (Wildman–Crippen LogP) is 2.29. The highest BCUT2D eigenvalue weighted by Gasteiger charge is 2.15. The number of hydrogen-bond donors (Lipinski definition) is 1. The maximum absolute atomic E-state index is 5.36. The summed E-state index contributed by atoms with van der Waals surface area (Å²) in [4.78, 5) is 0. The van der Waals surface area contributed by atoms with Gasteiger partial charge in [0.2, 0.25) is 0 Å². The lowest BCUT2D eigenvalue weighted by Crippen LogP contribution is -2.27. The summed E-state index contributed by atoms with van der Waals surface area (Å²) in [6, 6.07) is 6.28. The Hall–Kier alpha value is -1.42. The van der Waals surface area contributed by atoms with Crippen molar-refractivity contribution in [3.8, 4) is 11.5 Å². The Morgan fingerprint density at radius 3 is 2.59 bits per heavy atom. The molecular formula is C13H19NO3. The highest BCUT2D eigenvalue weighted by Crippen LogP contribution is 2.30. The third kappa shape index (κ3) is 3.03. The van der Waals surface area contributed by atoms with Gasteiger partial charge >= 0.3 is 0 Å². The molecule has 1 fully saturated rings. The molecule has 0 spiro atoms. The van der Waals surface area contributed by atoms with E-state index in [-0.39, 0.29) is 0 Å². The van der Waals surface area contributed by atoms with Crippen LogP contribution < -0.4 is 14.8 Å². The zero-order valence-electron chi connectivity index (χ0n) is 10.4. The van der Waals surface area contributed by atoms with Gasteiger partial charge in [-0.3, -0.25) is 0 Å². The number of anilines is 1. The summed E-state index contributed by atoms with van der Waals surface area (Å²) in [5.41, 5.74) is 1.01. The smallest absolute Gasteiger partial charge is 0.145 e. The van der Waals surface area contributed by atoms with Gasteiger partial charge in [-0.2, -0.15) is 0 Å². The first-order chi connectivity index (χ1) is 8.33. The van der Waals surface area contributed by atoms with Gasteiger partial charge in [0, 0.05) is 25.3 Å². The molecule has 0 bridgehead atoms. The number of nitrogens with one attached hydrogen (secondary N) is 1. The molecule has 1 N–H and O–H groups in total. The first kappa shape index (κ1) is 12.0. The van der Waals surface area contributed by atoms with Crippen LogP contribution in [0.5, 0.6) is 11.5 Å². The highest BCUT2D eigenvalue weighted by molar-refractivity contribution is 5.59. The Balaban J connectivity index is 2.08. The van der Waals surface area contributed by atoms with Crippen LogP contribution in [-0.2, 0) is 4.74 Å². The number of hydrogen-bond acceptors (Lipinski definition) is 4. The van der Waals surface area contributed by atoms with Crippen LogP contribution in [-0.4, -0.2) is 33.5 Å². The number of ether oxygens (including phenoxy) is 3. The van der Waals surface area contributed by atoms with E-state index in [9.17, 15) is 0 Å². The summed E-state index contributed by atoms with van der Waals surface area (Å²) in [6.45, 7) is 1.66. The van der Waals surface area contributed by atoms with E-state index in [2.05, 4.69) is 5.32 Å². The van der Waals surface area contributed by atoms with Crippen molar-refractivity contribution >= 4 is 5.69 Å². The van der Waals surface area contributed by atoms with E-state index in [1.54, 1.807) is 14.2 Å². The molecule has 17 heavy (non-hydrogen) atoms. The Labute approximate surface area is 102 Å². The van der Waals surface area contributed by atoms with Crippen molar-refractivity contribution in [3.05, 3.63) is 18.2 Å². The first-order valence-electron chi connectivity index (χ1n) is 5.90. The topological polar surface area (TPSA) is 39.7 Å². The normalized spacial score (nSPS) is 16.6. The molecule has 1 saturated heterocycles. The average molecular weight is 237 g/mol. The van der Waals surface area contributed by atoms with Crippen molar-refractivity contribution in [2.24, 2.45) is 0 Å². The monoisotopic (exact) mass is 237 g/mol. The van der Waals surface area contributed by atoms with Gasteiger partial charge in [0.15, 0.2) is 0 Å². The van der Waals surface area contributed by atoms with Crippen LogP contribution in [0.4, 0.5) is 5.69 Å². The first-order valence-corrected chi connectivity index (χ1v) is 5.90. The predicted molar refractivity (Wildman–Crippen MR) is 67.0 cm³/mol. The van der Waals surface area contributed by atoms with E-state index in [0.29, 0.717) is 6.04 Å². The lowest BCUT2D eigenvalue weighted by Gasteiger charge is -2.25. The Morgan fingerprint density at radius 1 is 1.18 bits per heavy atom. The molecule has 0 unspecified atom stereocenters. The molecule has 1 heterocycles. The molecule has 1 aliphatic heterocycles. The Kier molecular flexibility index (Phi) is 4.09. The Bertz CT molecular complexity index is 362. The minimum atomic E-state index is 0.464. The van der Waals surface area contributed by atoms with Crippen molar-refractivity contribution in [3.63, 3.8) is 0 Å². The molecule has 2 rings (SSSR count). The molecule has 0 aliphatic carbocycles. The van der Waals surface area contributed by atoms with Gasteiger partial charge in [0.25, 0.3) is 0 Å². The summed E-state index contributed by atoms with van der Waals surface area (Å²) in [6.07, 6.45) is 2.07. The van der Waals surface area contributed by atoms with Gasteiger partial charge in [0.1, 0.15) is 11.5 Å². The fraction of sp³-hybridized carbons (Fsp3) is 0.538. The van der Waals surface area contributed by atoms with Crippen LogP contribution >= 0.6 is 0 Å². The van der Waals surface area contributed by atoms with E-state index < -0.39 is 0 Å². The number of benzene rings is 1. The number of methoxy groups -OCH3 is 2. The molecular weight excluding hydrogens is 218 g/mol. The molecule has 0 atom stereocenters. The summed E-state index contributed by atoms with van der Waals surface area (Å²) in [5, 5.41) is 3.49. The zero-order chi connectivity index (χ0) is 12.1. The second kappa shape index (κ2) is 5.77. The van der Waals surface area contributed by atoms with E-state index in [0.717, 1.165) is 43.2 Å². The molecule has 1 aliphatic rings. The fourth-order valence-electron chi connectivity index (χ4n) is 1.98. The quantitative estimate of drug-likeness (QED) is 0.872. The van der Waals surface area contributed by atoms with Gasteiger partial charge in [0.05, 0.1) is 19.9 Å². The summed E-state index contributed by atoms with van der Waals surface area (Å²) >= 11 is 0. The van der Waals surface area contributed by atoms with Crippen molar-refractivity contribution in [2.75, 3.05) is 32.8 Å². The van der Waals surface area contributed by atoms with E-state index in [1.807, 2.05) is 18.2 Å². The standard InChI is InChI=1S/C13H19NO3/c1-15-11-3-4-12(13(9-11)16-2)14-10-5-7-17-8-6-10/h3-4,9-10,14H,5-8H2,1-2H3. The summed E-state index contributed by atoms with van der Waals surface area (Å²) in [5.74, 6) is 1.62. The highest BCUT2D eigenvalue weighted by atomic mass is 16.5. The van der Waals surface area contributed by atoms with Crippen LogP contribution in [0.25, 0.3) is 0 Å². The molecule has 1 aromatic carbocycles. The molecule has 0 aromatic heterocycles. The molecule has 0 radical (unpaired) electrons. The molecule has 4 heteroatoms. The molecule has 1 aromatic rings. The zero-order valence-corrected chi connectivity index (χ0v) is 10.4. The van der Waals surface area contributed by atoms with E-state index >= 15 is 0 Å². The summed E-state index contributed by atoms with van der Waals surface area (Å²) in [7, 11) is 3.32. The minimum absolute atomic E-state index is 0.464. The summed E-state index contributed by atoms with van der Waals surface area (Å²) < 4.78 is 15.9. The Morgan fingerprint density at radius 2 is 1.94 bits per heavy atom. The maximum Gasteiger partial charge on any atom is 0.145 e. The van der Waals surface area contributed by atoms with Crippen LogP contribution in [0.15, 0.2) is 18.2 Å². The lowest BCUT2D eigenvalue weighted by molar-refractivity contribution is 0.0904. The van der Waals surface area contributed by atoms with Crippen LogP contribution in [0.2, 0.25) is 0 Å². The molecule has 0 saturated carbocycles. The van der Waals surface area contributed by atoms with Gasteiger partial charge < -0.3 is 19.5 Å². The minimum Gasteiger partial charge on any atom is -0.497 e. The van der Waals surface area contributed by atoms with Gasteiger partial charge in [-0.25, -0.2) is 0 Å². The van der Waals surface area contributed by atoms with Gasteiger partial charge in [-0.15, -0.1) is 0 Å². The largest absolute Gasteiger partial charge is 0.497 e. The lowest BCUT2D eigenvalue weighted by atomic mass is 10.1. The van der Waals surface area contributed by atoms with Crippen LogP contribution in [0.1, 0.15) is 12.8 Å². The SMILES string of the molecule is COc1ccc(NC2CCOCC2)c(OC)c1. The van der Waals surface area contributed by atoms with Crippen molar-refractivity contribution in [1.29, 1.82) is 0 Å². The molecule has 94 valence electrons. The third-order valence-corrected chi connectivity index (χ3v) is 2.99. The van der Waals surface area contributed by atoms with Crippen molar-refractivity contribution in [1.82, 2.24) is 0 Å². The second-order valence-corrected chi connectivity index (χ2v) is 4.10. The van der Waals surface area contributed by atoms with E-state index in [1.165, 1.54) is 0 Å². The van der Waals surface area contributed by atoms with Crippen LogP contribution in [0, 0.1) is 0 Å². The molecule has 0 amide bonds. The van der Waals surface area contributed by atoms with E-state index in [4.69, 9.17) is 14.2 Å². The van der Waals surface area contributed by atoms with Crippen molar-refractivity contribution < 1.29 is 14.2 Å².